The molecule has 1 heterocycles. The maximum atomic E-state index is 11.7. The van der Waals surface area contributed by atoms with E-state index in [0.717, 1.165) is 0 Å². The van der Waals surface area contributed by atoms with Crippen LogP contribution in [0.3, 0.4) is 0 Å². The van der Waals surface area contributed by atoms with Gasteiger partial charge in [0.05, 0.1) is 12.1 Å². The van der Waals surface area contributed by atoms with Gasteiger partial charge < -0.3 is 10.6 Å². The van der Waals surface area contributed by atoms with Crippen molar-refractivity contribution < 1.29 is 9.59 Å². The molecule has 0 aliphatic rings. The molecule has 0 bridgehead atoms. The maximum absolute atomic E-state index is 11.7. The van der Waals surface area contributed by atoms with Gasteiger partial charge in [-0.3, -0.25) is 9.59 Å². The number of carbonyl (C=O) groups is 2. The van der Waals surface area contributed by atoms with Gasteiger partial charge in [0.25, 0.3) is 0 Å². The summed E-state index contributed by atoms with van der Waals surface area (Å²) in [4.78, 5) is 30.5. The Morgan fingerprint density at radius 1 is 1.37 bits per heavy atom. The second-order valence-electron chi connectivity index (χ2n) is 5.09. The zero-order chi connectivity index (χ0) is 14.6. The summed E-state index contributed by atoms with van der Waals surface area (Å²) >= 11 is 5.83. The smallest absolute Gasteiger partial charge is 0.239 e. The van der Waals surface area contributed by atoms with Crippen molar-refractivity contribution >= 4 is 29.6 Å². The molecule has 0 fully saturated rings. The minimum absolute atomic E-state index is 0.00485. The monoisotopic (exact) mass is 284 g/mol. The van der Waals surface area contributed by atoms with Crippen molar-refractivity contribution in [3.05, 3.63) is 16.5 Å². The Labute approximate surface area is 117 Å². The third-order valence-electron chi connectivity index (χ3n) is 2.06. The number of halogens is 1. The van der Waals surface area contributed by atoms with Crippen LogP contribution < -0.4 is 10.6 Å². The summed E-state index contributed by atoms with van der Waals surface area (Å²) in [5.74, 6) is 0.489. The number of aromatic nitrogens is 2. The lowest BCUT2D eigenvalue weighted by atomic mass is 10.1. The molecule has 2 N–H and O–H groups in total. The van der Waals surface area contributed by atoms with Gasteiger partial charge in [0.1, 0.15) is 16.8 Å². The average molecular weight is 285 g/mol. The predicted octanol–water partition coefficient (Wildman–Crippen LogP) is 1.58. The van der Waals surface area contributed by atoms with E-state index in [4.69, 9.17) is 11.6 Å². The number of amides is 1. The van der Waals surface area contributed by atoms with Gasteiger partial charge in [-0.15, -0.1) is 0 Å². The molecule has 0 spiro atoms. The van der Waals surface area contributed by atoms with E-state index in [2.05, 4.69) is 20.6 Å². The fourth-order valence-corrected chi connectivity index (χ4v) is 1.67. The molecule has 0 saturated heterocycles. The summed E-state index contributed by atoms with van der Waals surface area (Å²) in [6.45, 7) is 7.31. The van der Waals surface area contributed by atoms with Crippen LogP contribution in [0.4, 0.5) is 5.82 Å². The molecular weight excluding hydrogens is 268 g/mol. The third-order valence-corrected chi connectivity index (χ3v) is 2.35. The number of anilines is 1. The molecule has 0 atom stereocenters. The van der Waals surface area contributed by atoms with E-state index >= 15 is 0 Å². The number of carbonyl (C=O) groups excluding carboxylic acids is 2. The SMILES string of the molecule is Cc1nc(Cl)c(C=O)c(NCC(=O)NC(C)(C)C)n1. The zero-order valence-corrected chi connectivity index (χ0v) is 12.1. The lowest BCUT2D eigenvalue weighted by Crippen LogP contribution is -2.43. The second kappa shape index (κ2) is 5.97. The first kappa shape index (κ1) is 15.4. The van der Waals surface area contributed by atoms with Crippen molar-refractivity contribution in [1.29, 1.82) is 0 Å². The Hall–Kier alpha value is -1.69. The number of aldehydes is 1. The summed E-state index contributed by atoms with van der Waals surface area (Å²) in [5, 5.41) is 5.65. The number of hydrogen-bond acceptors (Lipinski definition) is 5. The Morgan fingerprint density at radius 3 is 2.53 bits per heavy atom. The van der Waals surface area contributed by atoms with Gasteiger partial charge in [0.2, 0.25) is 5.91 Å². The van der Waals surface area contributed by atoms with Crippen LogP contribution in [0.25, 0.3) is 0 Å². The van der Waals surface area contributed by atoms with Crippen molar-refractivity contribution in [1.82, 2.24) is 15.3 Å². The standard InChI is InChI=1S/C12H17ClN4O2/c1-7-15-10(13)8(6-18)11(16-7)14-5-9(19)17-12(2,3)4/h6H,5H2,1-4H3,(H,17,19)(H,14,15,16). The van der Waals surface area contributed by atoms with E-state index < -0.39 is 0 Å². The maximum Gasteiger partial charge on any atom is 0.239 e. The number of aryl methyl sites for hydroxylation is 1. The van der Waals surface area contributed by atoms with Crippen molar-refractivity contribution in [2.45, 2.75) is 33.2 Å². The summed E-state index contributed by atoms with van der Waals surface area (Å²) < 4.78 is 0. The number of nitrogens with one attached hydrogen (secondary N) is 2. The largest absolute Gasteiger partial charge is 0.360 e. The third kappa shape index (κ3) is 4.82. The van der Waals surface area contributed by atoms with E-state index in [-0.39, 0.29) is 34.5 Å². The minimum atomic E-state index is -0.314. The van der Waals surface area contributed by atoms with Gasteiger partial charge in [-0.05, 0) is 27.7 Å². The van der Waals surface area contributed by atoms with Gasteiger partial charge in [-0.2, -0.15) is 0 Å². The number of nitrogens with zero attached hydrogens (tertiary/aromatic N) is 2. The van der Waals surface area contributed by atoms with Crippen molar-refractivity contribution in [2.75, 3.05) is 11.9 Å². The lowest BCUT2D eigenvalue weighted by molar-refractivity contribution is -0.120. The molecule has 19 heavy (non-hydrogen) atoms. The van der Waals surface area contributed by atoms with Gasteiger partial charge in [-0.25, -0.2) is 9.97 Å². The Balaban J connectivity index is 2.78. The van der Waals surface area contributed by atoms with Gasteiger partial charge >= 0.3 is 0 Å². The fraction of sp³-hybridized carbons (Fsp3) is 0.500. The second-order valence-corrected chi connectivity index (χ2v) is 5.45. The van der Waals surface area contributed by atoms with Crippen LogP contribution in [0.1, 0.15) is 37.0 Å². The predicted molar refractivity (Wildman–Crippen MR) is 73.6 cm³/mol. The van der Waals surface area contributed by atoms with Crippen LogP contribution >= 0.6 is 11.6 Å². The quantitative estimate of drug-likeness (QED) is 0.648. The highest BCUT2D eigenvalue weighted by atomic mass is 35.5. The first-order valence-electron chi connectivity index (χ1n) is 5.77. The zero-order valence-electron chi connectivity index (χ0n) is 11.4. The average Bonchev–Trinajstić information content (AvgIpc) is 2.23. The Morgan fingerprint density at radius 2 is 2.00 bits per heavy atom. The molecule has 1 aromatic heterocycles. The summed E-state index contributed by atoms with van der Waals surface area (Å²) in [5.41, 5.74) is -0.165. The molecule has 1 amide bonds. The van der Waals surface area contributed by atoms with Crippen molar-refractivity contribution in [2.24, 2.45) is 0 Å². The molecule has 0 radical (unpaired) electrons. The molecule has 0 unspecified atom stereocenters. The van der Waals surface area contributed by atoms with Gasteiger partial charge in [-0.1, -0.05) is 11.6 Å². The van der Waals surface area contributed by atoms with E-state index in [1.807, 2.05) is 20.8 Å². The van der Waals surface area contributed by atoms with Crippen LogP contribution in [-0.2, 0) is 4.79 Å². The van der Waals surface area contributed by atoms with Gasteiger partial charge in [0.15, 0.2) is 6.29 Å². The molecule has 1 rings (SSSR count). The number of rotatable bonds is 4. The summed E-state index contributed by atoms with van der Waals surface area (Å²) in [6.07, 6.45) is 0.561. The van der Waals surface area contributed by atoms with Crippen LogP contribution in [0, 0.1) is 6.92 Å². The summed E-state index contributed by atoms with van der Waals surface area (Å²) in [7, 11) is 0. The van der Waals surface area contributed by atoms with Crippen LogP contribution in [0.2, 0.25) is 5.15 Å². The van der Waals surface area contributed by atoms with E-state index in [1.54, 1.807) is 6.92 Å². The normalized spacial score (nSPS) is 11.0. The van der Waals surface area contributed by atoms with Gasteiger partial charge in [0, 0.05) is 5.54 Å². The molecule has 0 aliphatic heterocycles. The molecule has 0 saturated carbocycles. The topological polar surface area (TPSA) is 84.0 Å². The van der Waals surface area contributed by atoms with E-state index in [0.29, 0.717) is 12.1 Å². The molecule has 6 nitrogen and oxygen atoms in total. The highest BCUT2D eigenvalue weighted by Gasteiger charge is 2.15. The molecule has 0 aliphatic carbocycles. The summed E-state index contributed by atoms with van der Waals surface area (Å²) in [6, 6.07) is 0. The van der Waals surface area contributed by atoms with E-state index in [9.17, 15) is 9.59 Å². The number of hydrogen-bond donors (Lipinski definition) is 2. The minimum Gasteiger partial charge on any atom is -0.360 e. The van der Waals surface area contributed by atoms with Crippen LogP contribution in [0.15, 0.2) is 0 Å². The highest BCUT2D eigenvalue weighted by Crippen LogP contribution is 2.18. The highest BCUT2D eigenvalue weighted by molar-refractivity contribution is 6.32. The first-order chi connectivity index (χ1) is 8.73. The Bertz CT molecular complexity index is 497. The van der Waals surface area contributed by atoms with Crippen LogP contribution in [-0.4, -0.2) is 34.2 Å². The molecule has 1 aromatic rings. The molecule has 0 aromatic carbocycles. The van der Waals surface area contributed by atoms with Crippen molar-refractivity contribution in [3.63, 3.8) is 0 Å². The van der Waals surface area contributed by atoms with Crippen molar-refractivity contribution in [3.8, 4) is 0 Å². The molecular formula is C12H17ClN4O2. The van der Waals surface area contributed by atoms with E-state index in [1.165, 1.54) is 0 Å². The van der Waals surface area contributed by atoms with Crippen LogP contribution in [0.5, 0.6) is 0 Å². The lowest BCUT2D eigenvalue weighted by Gasteiger charge is -2.20. The molecule has 104 valence electrons. The Kier molecular flexibility index (Phi) is 4.83. The fourth-order valence-electron chi connectivity index (χ4n) is 1.41. The first-order valence-corrected chi connectivity index (χ1v) is 6.15. The molecule has 7 heteroatoms.